The van der Waals surface area contributed by atoms with Gasteiger partial charge in [-0.2, -0.15) is 0 Å². The third kappa shape index (κ3) is 5.75. The van der Waals surface area contributed by atoms with Crippen LogP contribution in [0.2, 0.25) is 0 Å². The van der Waals surface area contributed by atoms with Crippen LogP contribution in [-0.4, -0.2) is 72.9 Å². The van der Waals surface area contributed by atoms with Gasteiger partial charge in [-0.1, -0.05) is 6.58 Å². The fraction of sp³-hybridized carbons (Fsp3) is 0.458. The standard InChI is InChI=1S/C24H32N6O4/c1-17(13-22-24(28-25)34-12-11-33-22)15-26-18-5-7-29(8-6-18)9-10-30-21-14-19(32-2)16-27-20(21)3-4-23(30)31/h3-4,13-14,16,18,26H,1,5-12,15,25H2,2H3/b22-13+,28-24+. The van der Waals surface area contributed by atoms with Crippen LogP contribution in [0.1, 0.15) is 12.8 Å². The van der Waals surface area contributed by atoms with E-state index in [1.807, 2.05) is 12.1 Å². The van der Waals surface area contributed by atoms with E-state index < -0.39 is 0 Å². The van der Waals surface area contributed by atoms with Gasteiger partial charge in [-0.25, -0.2) is 0 Å². The normalized spacial score (nSPS) is 19.8. The fourth-order valence-electron chi connectivity index (χ4n) is 4.23. The minimum atomic E-state index is -0.0260. The Morgan fingerprint density at radius 2 is 2.12 bits per heavy atom. The minimum Gasteiger partial charge on any atom is -0.495 e. The Morgan fingerprint density at radius 1 is 1.32 bits per heavy atom. The number of nitrogens with zero attached hydrogens (tertiary/aromatic N) is 4. The highest BCUT2D eigenvalue weighted by molar-refractivity contribution is 5.92. The number of hydrogen-bond donors (Lipinski definition) is 2. The number of nitrogens with one attached hydrogen (secondary N) is 1. The molecule has 2 aliphatic heterocycles. The Kier molecular flexibility index (Phi) is 7.81. The number of piperidine rings is 1. The molecule has 3 N–H and O–H groups in total. The summed E-state index contributed by atoms with van der Waals surface area (Å²) in [5.41, 5.74) is 2.44. The van der Waals surface area contributed by atoms with Crippen LogP contribution in [0.15, 0.2) is 58.3 Å². The molecule has 2 aliphatic rings. The van der Waals surface area contributed by atoms with Crippen molar-refractivity contribution >= 4 is 16.9 Å². The summed E-state index contributed by atoms with van der Waals surface area (Å²) in [6.07, 6.45) is 5.54. The lowest BCUT2D eigenvalue weighted by molar-refractivity contribution is 0.116. The van der Waals surface area contributed by atoms with E-state index in [1.165, 1.54) is 0 Å². The Labute approximate surface area is 198 Å². The number of likely N-dealkylation sites (tertiary alicyclic amines) is 1. The van der Waals surface area contributed by atoms with Crippen molar-refractivity contribution in [1.29, 1.82) is 0 Å². The smallest absolute Gasteiger partial charge is 0.273 e. The second kappa shape index (κ2) is 11.2. The van der Waals surface area contributed by atoms with Crippen LogP contribution in [0.4, 0.5) is 0 Å². The van der Waals surface area contributed by atoms with Crippen molar-refractivity contribution < 1.29 is 14.2 Å². The van der Waals surface area contributed by atoms with E-state index >= 15 is 0 Å². The molecule has 4 heterocycles. The summed E-state index contributed by atoms with van der Waals surface area (Å²) in [4.78, 5) is 19.3. The van der Waals surface area contributed by atoms with Crippen molar-refractivity contribution in [2.45, 2.75) is 25.4 Å². The van der Waals surface area contributed by atoms with Crippen molar-refractivity contribution in [3.63, 3.8) is 0 Å². The molecule has 4 rings (SSSR count). The summed E-state index contributed by atoms with van der Waals surface area (Å²) in [5.74, 6) is 6.82. The highest BCUT2D eigenvalue weighted by Gasteiger charge is 2.20. The molecule has 0 atom stereocenters. The summed E-state index contributed by atoms with van der Waals surface area (Å²) in [6, 6.07) is 5.61. The summed E-state index contributed by atoms with van der Waals surface area (Å²) >= 11 is 0. The second-order valence-electron chi connectivity index (χ2n) is 8.40. The average molecular weight is 469 g/mol. The first-order valence-corrected chi connectivity index (χ1v) is 11.5. The van der Waals surface area contributed by atoms with E-state index in [0.717, 1.165) is 49.1 Å². The monoisotopic (exact) mass is 468 g/mol. The number of rotatable bonds is 8. The van der Waals surface area contributed by atoms with Gasteiger partial charge in [-0.15, -0.1) is 5.10 Å². The molecule has 0 amide bonds. The number of pyridine rings is 2. The maximum Gasteiger partial charge on any atom is 0.273 e. The zero-order chi connectivity index (χ0) is 23.9. The summed E-state index contributed by atoms with van der Waals surface area (Å²) < 4.78 is 18.0. The van der Waals surface area contributed by atoms with Gasteiger partial charge in [0.15, 0.2) is 5.76 Å². The molecule has 182 valence electrons. The third-order valence-corrected chi connectivity index (χ3v) is 6.14. The molecule has 0 radical (unpaired) electrons. The predicted octanol–water partition coefficient (Wildman–Crippen LogP) is 1.22. The lowest BCUT2D eigenvalue weighted by Crippen LogP contribution is -2.44. The first kappa shape index (κ1) is 23.8. The Balaban J connectivity index is 1.26. The Hall–Kier alpha value is -3.37. The molecule has 0 aromatic carbocycles. The number of nitrogens with two attached hydrogens (primary N) is 1. The number of fused-ring (bicyclic) bond motifs is 1. The third-order valence-electron chi connectivity index (χ3n) is 6.14. The molecule has 2 aromatic heterocycles. The lowest BCUT2D eigenvalue weighted by atomic mass is 10.0. The van der Waals surface area contributed by atoms with Crippen LogP contribution in [0.5, 0.6) is 5.75 Å². The van der Waals surface area contributed by atoms with Crippen molar-refractivity contribution in [3.8, 4) is 5.75 Å². The molecule has 0 spiro atoms. The van der Waals surface area contributed by atoms with Crippen LogP contribution < -0.4 is 21.5 Å². The number of hydrogen-bond acceptors (Lipinski definition) is 9. The SMILES string of the molecule is C=C(/C=C1/OCCO/C1=N/N)CNC1CCN(CCn2c(=O)ccc3ncc(OC)cc32)CC1. The molecular weight excluding hydrogens is 436 g/mol. The molecule has 0 unspecified atom stereocenters. The van der Waals surface area contributed by atoms with Crippen LogP contribution in [-0.2, 0) is 16.0 Å². The zero-order valence-electron chi connectivity index (χ0n) is 19.5. The highest BCUT2D eigenvalue weighted by atomic mass is 16.6. The van der Waals surface area contributed by atoms with Crippen molar-refractivity contribution in [2.24, 2.45) is 10.9 Å². The molecule has 2 saturated heterocycles. The maximum atomic E-state index is 12.5. The quantitative estimate of drug-likeness (QED) is 0.439. The Bertz CT molecular complexity index is 1130. The van der Waals surface area contributed by atoms with Crippen molar-refractivity contribution in [2.75, 3.05) is 46.5 Å². The molecule has 10 nitrogen and oxygen atoms in total. The molecular formula is C24H32N6O4. The number of ether oxygens (including phenoxy) is 3. The van der Waals surface area contributed by atoms with E-state index in [2.05, 4.69) is 26.9 Å². The first-order valence-electron chi connectivity index (χ1n) is 11.5. The van der Waals surface area contributed by atoms with Gasteiger partial charge in [0.05, 0.1) is 24.3 Å². The van der Waals surface area contributed by atoms with Gasteiger partial charge in [0, 0.05) is 37.8 Å². The number of hydrazone groups is 1. The highest BCUT2D eigenvalue weighted by Crippen LogP contribution is 2.17. The van der Waals surface area contributed by atoms with Crippen LogP contribution in [0.3, 0.4) is 0 Å². The number of aromatic nitrogens is 2. The van der Waals surface area contributed by atoms with E-state index in [-0.39, 0.29) is 5.56 Å². The van der Waals surface area contributed by atoms with Crippen molar-refractivity contribution in [3.05, 3.63) is 58.7 Å². The topological polar surface area (TPSA) is 116 Å². The lowest BCUT2D eigenvalue weighted by Gasteiger charge is -2.32. The molecule has 0 saturated carbocycles. The zero-order valence-corrected chi connectivity index (χ0v) is 19.5. The first-order chi connectivity index (χ1) is 16.6. The number of methoxy groups -OCH3 is 1. The second-order valence-corrected chi connectivity index (χ2v) is 8.40. The minimum absolute atomic E-state index is 0.0260. The van der Waals surface area contributed by atoms with Gasteiger partial charge in [-0.05, 0) is 43.6 Å². The molecule has 0 aliphatic carbocycles. The summed E-state index contributed by atoms with van der Waals surface area (Å²) in [6.45, 7) is 9.01. The fourth-order valence-corrected chi connectivity index (χ4v) is 4.23. The van der Waals surface area contributed by atoms with Crippen LogP contribution >= 0.6 is 0 Å². The van der Waals surface area contributed by atoms with Gasteiger partial charge in [0.1, 0.15) is 19.0 Å². The summed E-state index contributed by atoms with van der Waals surface area (Å²) in [5, 5.41) is 7.18. The van der Waals surface area contributed by atoms with Gasteiger partial charge < -0.3 is 34.8 Å². The Morgan fingerprint density at radius 3 is 2.88 bits per heavy atom. The molecule has 2 aromatic rings. The van der Waals surface area contributed by atoms with Crippen LogP contribution in [0, 0.1) is 0 Å². The van der Waals surface area contributed by atoms with E-state index in [1.54, 1.807) is 30.0 Å². The van der Waals surface area contributed by atoms with E-state index in [0.29, 0.717) is 49.8 Å². The van der Waals surface area contributed by atoms with Gasteiger partial charge >= 0.3 is 0 Å². The van der Waals surface area contributed by atoms with E-state index in [4.69, 9.17) is 20.1 Å². The average Bonchev–Trinajstić information content (AvgIpc) is 2.87. The van der Waals surface area contributed by atoms with Crippen molar-refractivity contribution in [1.82, 2.24) is 19.8 Å². The largest absolute Gasteiger partial charge is 0.495 e. The van der Waals surface area contributed by atoms with Gasteiger partial charge in [0.25, 0.3) is 11.5 Å². The molecule has 34 heavy (non-hydrogen) atoms. The van der Waals surface area contributed by atoms with Crippen LogP contribution in [0.25, 0.3) is 11.0 Å². The van der Waals surface area contributed by atoms with E-state index in [9.17, 15) is 4.79 Å². The van der Waals surface area contributed by atoms with Gasteiger partial charge in [0.2, 0.25) is 0 Å². The summed E-state index contributed by atoms with van der Waals surface area (Å²) in [7, 11) is 1.60. The maximum absolute atomic E-state index is 12.5. The molecule has 2 fully saturated rings. The van der Waals surface area contributed by atoms with Gasteiger partial charge in [-0.3, -0.25) is 9.78 Å². The molecule has 10 heteroatoms. The molecule has 0 bridgehead atoms. The predicted molar refractivity (Wildman–Crippen MR) is 131 cm³/mol.